The van der Waals surface area contributed by atoms with Crippen LogP contribution in [0.25, 0.3) is 6.08 Å². The van der Waals surface area contributed by atoms with Gasteiger partial charge in [0, 0.05) is 25.2 Å². The number of rotatable bonds is 2. The second-order valence-corrected chi connectivity index (χ2v) is 5.77. The van der Waals surface area contributed by atoms with Crippen LogP contribution in [0.3, 0.4) is 0 Å². The summed E-state index contributed by atoms with van der Waals surface area (Å²) in [6.07, 6.45) is 1.70. The summed E-state index contributed by atoms with van der Waals surface area (Å²) in [5.41, 5.74) is 0.762. The van der Waals surface area contributed by atoms with E-state index in [1.165, 1.54) is 23.9 Å². The van der Waals surface area contributed by atoms with Crippen molar-refractivity contribution in [3.8, 4) is 0 Å². The van der Waals surface area contributed by atoms with Crippen LogP contribution in [-0.4, -0.2) is 47.2 Å². The number of carbonyl (C=O) groups excluding carboxylic acids is 1. The number of nitro benzene ring substituents is 1. The molecule has 2 aliphatic rings. The number of hydrogen-bond acceptors (Lipinski definition) is 6. The summed E-state index contributed by atoms with van der Waals surface area (Å²) in [7, 11) is 0. The Morgan fingerprint density at radius 3 is 2.59 bits per heavy atom. The molecule has 1 amide bonds. The van der Waals surface area contributed by atoms with Gasteiger partial charge in [0.05, 0.1) is 23.0 Å². The number of non-ortho nitro benzene ring substituents is 1. The van der Waals surface area contributed by atoms with Gasteiger partial charge in [0.2, 0.25) is 0 Å². The fraction of sp³-hybridized carbons (Fsp3) is 0.286. The van der Waals surface area contributed by atoms with Gasteiger partial charge in [0.1, 0.15) is 0 Å². The summed E-state index contributed by atoms with van der Waals surface area (Å²) in [5, 5.41) is 11.3. The van der Waals surface area contributed by atoms with Crippen molar-refractivity contribution in [3.63, 3.8) is 0 Å². The van der Waals surface area contributed by atoms with E-state index in [2.05, 4.69) is 4.99 Å². The Kier molecular flexibility index (Phi) is 4.21. The van der Waals surface area contributed by atoms with E-state index in [0.717, 1.165) is 18.7 Å². The Hall–Kier alpha value is -2.19. The number of aliphatic imine (C=N–C) groups is 1. The molecule has 0 N–H and O–H groups in total. The average Bonchev–Trinajstić information content (AvgIpc) is 2.90. The number of carbonyl (C=O) groups is 1. The van der Waals surface area contributed by atoms with Gasteiger partial charge in [0.15, 0.2) is 5.17 Å². The highest BCUT2D eigenvalue weighted by molar-refractivity contribution is 8.18. The first kappa shape index (κ1) is 14.7. The first-order valence-electron chi connectivity index (χ1n) is 6.73. The first-order valence-corrected chi connectivity index (χ1v) is 7.55. The van der Waals surface area contributed by atoms with Crippen molar-refractivity contribution in [2.45, 2.75) is 0 Å². The van der Waals surface area contributed by atoms with E-state index in [9.17, 15) is 14.9 Å². The molecule has 1 saturated heterocycles. The molecule has 1 aromatic rings. The van der Waals surface area contributed by atoms with Crippen LogP contribution in [0.5, 0.6) is 0 Å². The molecule has 0 bridgehead atoms. The lowest BCUT2D eigenvalue weighted by molar-refractivity contribution is -0.384. The van der Waals surface area contributed by atoms with Crippen LogP contribution in [0.4, 0.5) is 5.69 Å². The van der Waals surface area contributed by atoms with Crippen LogP contribution in [-0.2, 0) is 9.53 Å². The zero-order valence-corrected chi connectivity index (χ0v) is 12.4. The van der Waals surface area contributed by atoms with Crippen LogP contribution < -0.4 is 0 Å². The van der Waals surface area contributed by atoms with Crippen molar-refractivity contribution >= 4 is 34.6 Å². The Labute approximate surface area is 130 Å². The van der Waals surface area contributed by atoms with Crippen molar-refractivity contribution in [1.29, 1.82) is 0 Å². The number of amides is 1. The van der Waals surface area contributed by atoms with E-state index in [4.69, 9.17) is 4.74 Å². The molecular weight excluding hydrogens is 306 g/mol. The van der Waals surface area contributed by atoms with Gasteiger partial charge in [-0.2, -0.15) is 4.99 Å². The third-order valence-corrected chi connectivity index (χ3v) is 4.34. The normalized spacial score (nSPS) is 20.4. The highest BCUT2D eigenvalue weighted by Gasteiger charge is 2.27. The number of hydrogen-bond donors (Lipinski definition) is 0. The number of nitro groups is 1. The average molecular weight is 319 g/mol. The van der Waals surface area contributed by atoms with E-state index in [-0.39, 0.29) is 11.6 Å². The van der Waals surface area contributed by atoms with Gasteiger partial charge in [-0.05, 0) is 35.5 Å². The predicted octanol–water partition coefficient (Wildman–Crippen LogP) is 1.90. The third-order valence-electron chi connectivity index (χ3n) is 3.29. The zero-order valence-electron chi connectivity index (χ0n) is 11.6. The van der Waals surface area contributed by atoms with E-state index < -0.39 is 4.92 Å². The molecule has 7 nitrogen and oxygen atoms in total. The minimum absolute atomic E-state index is 0.0257. The number of nitrogens with zero attached hydrogens (tertiary/aromatic N) is 3. The molecule has 1 fully saturated rings. The van der Waals surface area contributed by atoms with Gasteiger partial charge in [0.25, 0.3) is 11.6 Å². The maximum Gasteiger partial charge on any atom is 0.286 e. The molecule has 0 atom stereocenters. The van der Waals surface area contributed by atoms with Crippen LogP contribution in [0.2, 0.25) is 0 Å². The largest absolute Gasteiger partial charge is 0.378 e. The standard InChI is InChI=1S/C14H13N3O4S/c18-13-12(9-10-1-3-11(4-2-10)17(19)20)22-14(15-13)16-5-7-21-8-6-16/h1-4,9H,5-8H2/b12-9+. The number of benzene rings is 1. The Bertz CT molecular complexity index is 663. The fourth-order valence-corrected chi connectivity index (χ4v) is 3.10. The Morgan fingerprint density at radius 2 is 1.95 bits per heavy atom. The molecule has 22 heavy (non-hydrogen) atoms. The van der Waals surface area contributed by atoms with Crippen molar-refractivity contribution in [1.82, 2.24) is 4.90 Å². The maximum atomic E-state index is 12.0. The summed E-state index contributed by atoms with van der Waals surface area (Å²) >= 11 is 1.33. The van der Waals surface area contributed by atoms with Gasteiger partial charge in [-0.1, -0.05) is 0 Å². The molecule has 2 heterocycles. The van der Waals surface area contributed by atoms with Crippen molar-refractivity contribution in [2.75, 3.05) is 26.3 Å². The molecule has 0 aliphatic carbocycles. The highest BCUT2D eigenvalue weighted by atomic mass is 32.2. The van der Waals surface area contributed by atoms with Crippen LogP contribution in [0.15, 0.2) is 34.2 Å². The molecule has 3 rings (SSSR count). The minimum Gasteiger partial charge on any atom is -0.378 e. The van der Waals surface area contributed by atoms with Gasteiger partial charge < -0.3 is 9.64 Å². The second-order valence-electron chi connectivity index (χ2n) is 4.76. The third kappa shape index (κ3) is 3.18. The number of amidine groups is 1. The van der Waals surface area contributed by atoms with E-state index in [0.29, 0.717) is 23.3 Å². The molecule has 0 spiro atoms. The fourth-order valence-electron chi connectivity index (χ4n) is 2.13. The predicted molar refractivity (Wildman–Crippen MR) is 83.5 cm³/mol. The maximum absolute atomic E-state index is 12.0. The Balaban J connectivity index is 1.73. The van der Waals surface area contributed by atoms with Gasteiger partial charge in [-0.25, -0.2) is 0 Å². The molecule has 1 aromatic carbocycles. The lowest BCUT2D eigenvalue weighted by atomic mass is 10.2. The van der Waals surface area contributed by atoms with Crippen molar-refractivity contribution in [3.05, 3.63) is 44.8 Å². The van der Waals surface area contributed by atoms with Gasteiger partial charge in [-0.15, -0.1) is 0 Å². The van der Waals surface area contributed by atoms with Gasteiger partial charge >= 0.3 is 0 Å². The van der Waals surface area contributed by atoms with E-state index >= 15 is 0 Å². The van der Waals surface area contributed by atoms with E-state index in [1.54, 1.807) is 18.2 Å². The topological polar surface area (TPSA) is 85.0 Å². The monoisotopic (exact) mass is 319 g/mol. The first-order chi connectivity index (χ1) is 10.6. The van der Waals surface area contributed by atoms with Gasteiger partial charge in [-0.3, -0.25) is 14.9 Å². The summed E-state index contributed by atoms with van der Waals surface area (Å²) in [6.45, 7) is 2.72. The van der Waals surface area contributed by atoms with Crippen LogP contribution in [0, 0.1) is 10.1 Å². The van der Waals surface area contributed by atoms with Crippen LogP contribution >= 0.6 is 11.8 Å². The molecule has 0 unspecified atom stereocenters. The molecule has 114 valence electrons. The second kappa shape index (κ2) is 6.29. The summed E-state index contributed by atoms with van der Waals surface area (Å²) < 4.78 is 5.28. The highest BCUT2D eigenvalue weighted by Crippen LogP contribution is 2.30. The molecular formula is C14H13N3O4S. The summed E-state index contributed by atoms with van der Waals surface area (Å²) in [5.74, 6) is -0.273. The van der Waals surface area contributed by atoms with Crippen molar-refractivity contribution in [2.24, 2.45) is 4.99 Å². The quantitative estimate of drug-likeness (QED) is 0.470. The number of thioether (sulfide) groups is 1. The smallest absolute Gasteiger partial charge is 0.286 e. The molecule has 0 aromatic heterocycles. The Morgan fingerprint density at radius 1 is 1.27 bits per heavy atom. The number of morpholine rings is 1. The van der Waals surface area contributed by atoms with Crippen molar-refractivity contribution < 1.29 is 14.5 Å². The molecule has 0 saturated carbocycles. The number of ether oxygens (including phenoxy) is 1. The molecule has 0 radical (unpaired) electrons. The zero-order chi connectivity index (χ0) is 15.5. The lowest BCUT2D eigenvalue weighted by Gasteiger charge is -2.27. The molecule has 8 heteroatoms. The minimum atomic E-state index is -0.452. The summed E-state index contributed by atoms with van der Waals surface area (Å²) in [4.78, 5) is 28.8. The lowest BCUT2D eigenvalue weighted by Crippen LogP contribution is -2.38. The SMILES string of the molecule is O=C1N=C(N2CCOCC2)S/C1=C/c1ccc([N+](=O)[O-])cc1. The van der Waals surface area contributed by atoms with E-state index in [1.807, 2.05) is 4.90 Å². The summed E-state index contributed by atoms with van der Waals surface area (Å²) in [6, 6.07) is 6.07. The van der Waals surface area contributed by atoms with Crippen LogP contribution in [0.1, 0.15) is 5.56 Å². The molecule has 2 aliphatic heterocycles.